The van der Waals surface area contributed by atoms with Gasteiger partial charge >= 0.3 is 0 Å². The summed E-state index contributed by atoms with van der Waals surface area (Å²) in [6, 6.07) is 4.43. The molecule has 8 heteroatoms. The van der Waals surface area contributed by atoms with Crippen LogP contribution in [-0.4, -0.2) is 54.7 Å². The summed E-state index contributed by atoms with van der Waals surface area (Å²) >= 11 is 6.58. The van der Waals surface area contributed by atoms with Gasteiger partial charge in [0, 0.05) is 30.2 Å². The lowest BCUT2D eigenvalue weighted by Crippen LogP contribution is -2.34. The minimum Gasteiger partial charge on any atom is -0.496 e. The van der Waals surface area contributed by atoms with Gasteiger partial charge in [0.15, 0.2) is 6.29 Å². The van der Waals surface area contributed by atoms with Gasteiger partial charge in [-0.3, -0.25) is 0 Å². The summed E-state index contributed by atoms with van der Waals surface area (Å²) in [7, 11) is 3.87. The fourth-order valence-electron chi connectivity index (χ4n) is 4.74. The van der Waals surface area contributed by atoms with Crippen molar-refractivity contribution in [2.75, 3.05) is 27.3 Å². The van der Waals surface area contributed by atoms with Crippen LogP contribution in [0.1, 0.15) is 69.2 Å². The van der Waals surface area contributed by atoms with Crippen molar-refractivity contribution in [3.05, 3.63) is 28.6 Å². The SMILES string of the molecule is COc1cc(-c2noc(CCCN(C)C3CCCCC3)n2)c(Cl)cc1COC1CCCCO1. The topological polar surface area (TPSA) is 69.9 Å². The van der Waals surface area contributed by atoms with Crippen LogP contribution in [0.5, 0.6) is 5.75 Å². The number of aromatic nitrogens is 2. The second kappa shape index (κ2) is 12.2. The van der Waals surface area contributed by atoms with Crippen LogP contribution < -0.4 is 4.74 Å². The highest BCUT2D eigenvalue weighted by Gasteiger charge is 2.20. The maximum Gasteiger partial charge on any atom is 0.227 e. The number of hydrogen-bond donors (Lipinski definition) is 0. The van der Waals surface area contributed by atoms with Crippen molar-refractivity contribution in [3.8, 4) is 17.1 Å². The van der Waals surface area contributed by atoms with Crippen LogP contribution in [0.2, 0.25) is 5.02 Å². The lowest BCUT2D eigenvalue weighted by atomic mass is 9.94. The van der Waals surface area contributed by atoms with Crippen molar-refractivity contribution in [3.63, 3.8) is 0 Å². The summed E-state index contributed by atoms with van der Waals surface area (Å²) in [4.78, 5) is 7.07. The normalized spacial score (nSPS) is 19.8. The number of nitrogens with zero attached hydrogens (tertiary/aromatic N) is 3. The van der Waals surface area contributed by atoms with E-state index in [-0.39, 0.29) is 6.29 Å². The quantitative estimate of drug-likeness (QED) is 0.438. The molecule has 182 valence electrons. The number of aryl methyl sites for hydroxylation is 1. The van der Waals surface area contributed by atoms with Gasteiger partial charge in [0.05, 0.1) is 18.7 Å². The van der Waals surface area contributed by atoms with E-state index in [0.717, 1.165) is 56.9 Å². The Balaban J connectivity index is 1.34. The van der Waals surface area contributed by atoms with Crippen molar-refractivity contribution < 1.29 is 18.7 Å². The zero-order valence-corrected chi connectivity index (χ0v) is 20.6. The highest BCUT2D eigenvalue weighted by atomic mass is 35.5. The molecule has 2 aromatic rings. The van der Waals surface area contributed by atoms with Crippen molar-refractivity contribution in [1.82, 2.24) is 15.0 Å². The first-order valence-electron chi connectivity index (χ1n) is 12.3. The Morgan fingerprint density at radius 2 is 1.94 bits per heavy atom. The van der Waals surface area contributed by atoms with Gasteiger partial charge in [-0.2, -0.15) is 4.98 Å². The Kier molecular flexibility index (Phi) is 9.01. The van der Waals surface area contributed by atoms with Gasteiger partial charge in [-0.05, 0) is 64.3 Å². The molecule has 0 radical (unpaired) electrons. The minimum absolute atomic E-state index is 0.168. The Labute approximate surface area is 201 Å². The molecule has 2 heterocycles. The Morgan fingerprint density at radius 1 is 1.12 bits per heavy atom. The Hall–Kier alpha value is -1.67. The van der Waals surface area contributed by atoms with Gasteiger partial charge in [0.1, 0.15) is 5.75 Å². The molecule has 4 rings (SSSR count). The zero-order valence-electron chi connectivity index (χ0n) is 19.9. The molecule has 1 aromatic carbocycles. The molecule has 0 amide bonds. The van der Waals surface area contributed by atoms with E-state index in [1.807, 2.05) is 12.1 Å². The first-order chi connectivity index (χ1) is 16.1. The van der Waals surface area contributed by atoms with E-state index in [0.29, 0.717) is 34.7 Å². The number of ether oxygens (including phenoxy) is 3. The standard InChI is InChI=1S/C25H36ClN3O4/c1-29(19-9-4-3-5-10-19)13-8-11-23-27-25(28-33-23)20-16-22(30-2)18(15-21(20)26)17-32-24-12-6-7-14-31-24/h15-16,19,24H,3-14,17H2,1-2H3. The first kappa shape index (κ1) is 24.5. The molecular weight excluding hydrogens is 442 g/mol. The lowest BCUT2D eigenvalue weighted by molar-refractivity contribution is -0.169. The summed E-state index contributed by atoms with van der Waals surface area (Å²) in [5.41, 5.74) is 1.57. The second-order valence-electron chi connectivity index (χ2n) is 9.14. The van der Waals surface area contributed by atoms with Crippen molar-refractivity contribution in [1.29, 1.82) is 0 Å². The second-order valence-corrected chi connectivity index (χ2v) is 9.55. The summed E-state index contributed by atoms with van der Waals surface area (Å²) in [6.45, 7) is 2.16. The van der Waals surface area contributed by atoms with Crippen LogP contribution in [0, 0.1) is 0 Å². The van der Waals surface area contributed by atoms with E-state index in [4.69, 9.17) is 30.3 Å². The molecule has 1 aliphatic carbocycles. The summed E-state index contributed by atoms with van der Waals surface area (Å²) in [5, 5.41) is 4.71. The molecule has 7 nitrogen and oxygen atoms in total. The Morgan fingerprint density at radius 3 is 2.70 bits per heavy atom. The van der Waals surface area contributed by atoms with Crippen LogP contribution in [-0.2, 0) is 22.5 Å². The third-order valence-corrected chi connectivity index (χ3v) is 7.05. The fraction of sp³-hybridized carbons (Fsp3) is 0.680. The van der Waals surface area contributed by atoms with E-state index in [1.54, 1.807) is 7.11 Å². The predicted molar refractivity (Wildman–Crippen MR) is 128 cm³/mol. The molecule has 2 aliphatic rings. The third-order valence-electron chi connectivity index (χ3n) is 6.74. The van der Waals surface area contributed by atoms with Crippen molar-refractivity contribution >= 4 is 11.6 Å². The molecular formula is C25H36ClN3O4. The van der Waals surface area contributed by atoms with Crippen LogP contribution >= 0.6 is 11.6 Å². The monoisotopic (exact) mass is 477 g/mol. The van der Waals surface area contributed by atoms with Crippen molar-refractivity contribution in [2.45, 2.75) is 83.1 Å². The van der Waals surface area contributed by atoms with Gasteiger partial charge in [-0.25, -0.2) is 0 Å². The third kappa shape index (κ3) is 6.69. The Bertz CT molecular complexity index is 879. The average Bonchev–Trinajstić information content (AvgIpc) is 3.32. The van der Waals surface area contributed by atoms with Gasteiger partial charge in [-0.1, -0.05) is 36.0 Å². The first-order valence-corrected chi connectivity index (χ1v) is 12.6. The van der Waals surface area contributed by atoms with Crippen LogP contribution in [0.25, 0.3) is 11.4 Å². The van der Waals surface area contributed by atoms with Gasteiger partial charge in [0.25, 0.3) is 0 Å². The predicted octanol–water partition coefficient (Wildman–Crippen LogP) is 5.64. The van der Waals surface area contributed by atoms with Crippen LogP contribution in [0.3, 0.4) is 0 Å². The van der Waals surface area contributed by atoms with E-state index in [1.165, 1.54) is 32.1 Å². The average molecular weight is 478 g/mol. The summed E-state index contributed by atoms with van der Waals surface area (Å²) in [5.74, 6) is 1.81. The number of methoxy groups -OCH3 is 1. The summed E-state index contributed by atoms with van der Waals surface area (Å²) < 4.78 is 22.7. The smallest absolute Gasteiger partial charge is 0.227 e. The maximum absolute atomic E-state index is 6.58. The van der Waals surface area contributed by atoms with Gasteiger partial charge in [0.2, 0.25) is 11.7 Å². The highest BCUT2D eigenvalue weighted by Crippen LogP contribution is 2.34. The lowest BCUT2D eigenvalue weighted by Gasteiger charge is -2.31. The maximum atomic E-state index is 6.58. The molecule has 1 saturated carbocycles. The zero-order chi connectivity index (χ0) is 23.0. The molecule has 0 bridgehead atoms. The number of hydrogen-bond acceptors (Lipinski definition) is 7. The van der Waals surface area contributed by atoms with E-state index >= 15 is 0 Å². The molecule has 33 heavy (non-hydrogen) atoms. The van der Waals surface area contributed by atoms with Crippen LogP contribution in [0.4, 0.5) is 0 Å². The molecule has 1 aromatic heterocycles. The fourth-order valence-corrected chi connectivity index (χ4v) is 5.01. The number of halogens is 1. The van der Waals surface area contributed by atoms with Gasteiger partial charge < -0.3 is 23.6 Å². The number of benzene rings is 1. The minimum atomic E-state index is -0.168. The number of rotatable bonds is 10. The van der Waals surface area contributed by atoms with E-state index in [9.17, 15) is 0 Å². The summed E-state index contributed by atoms with van der Waals surface area (Å²) in [6.07, 6.45) is 11.4. The molecule has 1 atom stereocenters. The van der Waals surface area contributed by atoms with Crippen molar-refractivity contribution in [2.24, 2.45) is 0 Å². The van der Waals surface area contributed by atoms with Crippen LogP contribution in [0.15, 0.2) is 16.7 Å². The van der Waals surface area contributed by atoms with E-state index in [2.05, 4.69) is 22.1 Å². The molecule has 1 saturated heterocycles. The molecule has 1 unspecified atom stereocenters. The highest BCUT2D eigenvalue weighted by molar-refractivity contribution is 6.33. The molecule has 0 N–H and O–H groups in total. The van der Waals surface area contributed by atoms with E-state index < -0.39 is 0 Å². The molecule has 2 fully saturated rings. The molecule has 1 aliphatic heterocycles. The van der Waals surface area contributed by atoms with Gasteiger partial charge in [-0.15, -0.1) is 0 Å². The molecule has 0 spiro atoms. The largest absolute Gasteiger partial charge is 0.496 e.